The standard InChI is InChI=1S/C43H84NO8P/c1-3-5-7-9-11-13-14-15-16-17-18-19-20-21-22-23-24-25-26-28-30-32-34-36-43(46)52-41(40-51-53(47,48)50-38-37-44)39-49-42(45)35-33-31-29-27-12-10-8-6-4-2/h17-18,41H,3-16,19-40,44H2,1-2H3,(H,47,48)/b18-17-. The number of phosphoric ester groups is 1. The Hall–Kier alpha value is -1.25. The Balaban J connectivity index is 3.99. The molecule has 0 aliphatic carbocycles. The molecule has 0 bridgehead atoms. The molecule has 53 heavy (non-hydrogen) atoms. The van der Waals surface area contributed by atoms with Crippen LogP contribution in [0.1, 0.15) is 219 Å². The molecular weight excluding hydrogens is 689 g/mol. The maximum Gasteiger partial charge on any atom is 0.472 e. The predicted molar refractivity (Wildman–Crippen MR) is 220 cm³/mol. The van der Waals surface area contributed by atoms with Crippen molar-refractivity contribution in [2.75, 3.05) is 26.4 Å². The van der Waals surface area contributed by atoms with Crippen LogP contribution in [0.3, 0.4) is 0 Å². The molecule has 2 atom stereocenters. The van der Waals surface area contributed by atoms with Gasteiger partial charge in [0.2, 0.25) is 0 Å². The minimum Gasteiger partial charge on any atom is -0.462 e. The maximum absolute atomic E-state index is 12.6. The Kier molecular flexibility index (Phi) is 39.5. The smallest absolute Gasteiger partial charge is 0.462 e. The van der Waals surface area contributed by atoms with Gasteiger partial charge < -0.3 is 20.1 Å². The van der Waals surface area contributed by atoms with Gasteiger partial charge in [0, 0.05) is 19.4 Å². The molecule has 0 rings (SSSR count). The minimum absolute atomic E-state index is 0.0561. The van der Waals surface area contributed by atoms with Gasteiger partial charge in [0.05, 0.1) is 13.2 Å². The molecule has 314 valence electrons. The van der Waals surface area contributed by atoms with Crippen LogP contribution in [0.4, 0.5) is 0 Å². The van der Waals surface area contributed by atoms with Crippen molar-refractivity contribution in [3.8, 4) is 0 Å². The number of hydrogen-bond acceptors (Lipinski definition) is 8. The van der Waals surface area contributed by atoms with E-state index < -0.39 is 26.5 Å². The summed E-state index contributed by atoms with van der Waals surface area (Å²) in [5, 5.41) is 0. The van der Waals surface area contributed by atoms with Crippen molar-refractivity contribution in [1.82, 2.24) is 0 Å². The number of unbranched alkanes of at least 4 members (excludes halogenated alkanes) is 27. The van der Waals surface area contributed by atoms with Gasteiger partial charge in [-0.05, 0) is 38.5 Å². The highest BCUT2D eigenvalue weighted by Crippen LogP contribution is 2.43. The van der Waals surface area contributed by atoms with E-state index in [1.54, 1.807) is 0 Å². The average molecular weight is 774 g/mol. The highest BCUT2D eigenvalue weighted by molar-refractivity contribution is 7.47. The van der Waals surface area contributed by atoms with Gasteiger partial charge in [-0.3, -0.25) is 18.6 Å². The molecule has 0 fully saturated rings. The number of carbonyl (C=O) groups excluding carboxylic acids is 2. The first-order valence-electron chi connectivity index (χ1n) is 22.2. The first-order valence-corrected chi connectivity index (χ1v) is 23.7. The Morgan fingerprint density at radius 1 is 0.547 bits per heavy atom. The fourth-order valence-corrected chi connectivity index (χ4v) is 7.10. The molecule has 0 aromatic rings. The first-order chi connectivity index (χ1) is 25.8. The van der Waals surface area contributed by atoms with Gasteiger partial charge in [-0.25, -0.2) is 4.57 Å². The van der Waals surface area contributed by atoms with Crippen molar-refractivity contribution in [1.29, 1.82) is 0 Å². The number of ether oxygens (including phenoxy) is 2. The molecule has 0 spiro atoms. The zero-order valence-corrected chi connectivity index (χ0v) is 35.4. The van der Waals surface area contributed by atoms with Crippen LogP contribution >= 0.6 is 7.82 Å². The summed E-state index contributed by atoms with van der Waals surface area (Å²) >= 11 is 0. The second-order valence-electron chi connectivity index (χ2n) is 14.9. The highest BCUT2D eigenvalue weighted by atomic mass is 31.2. The molecule has 0 saturated carbocycles. The second-order valence-corrected chi connectivity index (χ2v) is 16.4. The molecule has 10 heteroatoms. The summed E-state index contributed by atoms with van der Waals surface area (Å²) in [5.74, 6) is -0.823. The van der Waals surface area contributed by atoms with Gasteiger partial charge in [0.25, 0.3) is 0 Å². The van der Waals surface area contributed by atoms with Gasteiger partial charge in [-0.15, -0.1) is 0 Å². The van der Waals surface area contributed by atoms with Crippen LogP contribution in [0.2, 0.25) is 0 Å². The molecule has 0 aromatic carbocycles. The van der Waals surface area contributed by atoms with E-state index >= 15 is 0 Å². The zero-order chi connectivity index (χ0) is 38.9. The van der Waals surface area contributed by atoms with E-state index in [1.807, 2.05) is 0 Å². The van der Waals surface area contributed by atoms with E-state index in [1.165, 1.54) is 154 Å². The summed E-state index contributed by atoms with van der Waals surface area (Å²) < 4.78 is 32.7. The van der Waals surface area contributed by atoms with Crippen molar-refractivity contribution in [3.05, 3.63) is 12.2 Å². The summed E-state index contributed by atoms with van der Waals surface area (Å²) in [6.07, 6.45) is 41.2. The van der Waals surface area contributed by atoms with Crippen LogP contribution in [0.5, 0.6) is 0 Å². The quantitative estimate of drug-likeness (QED) is 0.0269. The zero-order valence-electron chi connectivity index (χ0n) is 34.5. The van der Waals surface area contributed by atoms with Crippen molar-refractivity contribution in [2.45, 2.75) is 225 Å². The Morgan fingerprint density at radius 2 is 0.925 bits per heavy atom. The van der Waals surface area contributed by atoms with Crippen molar-refractivity contribution in [2.24, 2.45) is 5.73 Å². The molecular formula is C43H84NO8P. The van der Waals surface area contributed by atoms with E-state index in [4.69, 9.17) is 24.3 Å². The predicted octanol–water partition coefficient (Wildman–Crippen LogP) is 12.6. The third-order valence-corrected chi connectivity index (χ3v) is 10.6. The number of phosphoric acid groups is 1. The summed E-state index contributed by atoms with van der Waals surface area (Å²) in [6, 6.07) is 0. The summed E-state index contributed by atoms with van der Waals surface area (Å²) in [7, 11) is -4.37. The van der Waals surface area contributed by atoms with E-state index in [9.17, 15) is 19.0 Å². The molecule has 9 nitrogen and oxygen atoms in total. The Labute approximate surface area is 326 Å². The fourth-order valence-electron chi connectivity index (χ4n) is 6.34. The lowest BCUT2D eigenvalue weighted by atomic mass is 10.0. The van der Waals surface area contributed by atoms with Crippen LogP contribution < -0.4 is 5.73 Å². The number of hydrogen-bond donors (Lipinski definition) is 2. The van der Waals surface area contributed by atoms with E-state index in [2.05, 4.69) is 26.0 Å². The lowest BCUT2D eigenvalue weighted by Crippen LogP contribution is -2.29. The lowest BCUT2D eigenvalue weighted by molar-refractivity contribution is -0.161. The summed E-state index contributed by atoms with van der Waals surface area (Å²) in [5.41, 5.74) is 5.34. The Morgan fingerprint density at radius 3 is 1.34 bits per heavy atom. The summed E-state index contributed by atoms with van der Waals surface area (Å²) in [6.45, 7) is 3.73. The van der Waals surface area contributed by atoms with Gasteiger partial charge in [-0.1, -0.05) is 180 Å². The molecule has 0 aliphatic heterocycles. The van der Waals surface area contributed by atoms with Crippen molar-refractivity contribution in [3.63, 3.8) is 0 Å². The third-order valence-electron chi connectivity index (χ3n) is 9.65. The van der Waals surface area contributed by atoms with Crippen LogP contribution in [-0.2, 0) is 32.7 Å². The molecule has 2 unspecified atom stereocenters. The largest absolute Gasteiger partial charge is 0.472 e. The van der Waals surface area contributed by atoms with Gasteiger partial charge in [0.15, 0.2) is 6.10 Å². The van der Waals surface area contributed by atoms with Gasteiger partial charge >= 0.3 is 19.8 Å². The molecule has 0 saturated heterocycles. The van der Waals surface area contributed by atoms with Crippen LogP contribution in [0.15, 0.2) is 12.2 Å². The normalized spacial score (nSPS) is 13.4. The van der Waals surface area contributed by atoms with Gasteiger partial charge in [-0.2, -0.15) is 0 Å². The molecule has 0 heterocycles. The Bertz CT molecular complexity index is 886. The van der Waals surface area contributed by atoms with Gasteiger partial charge in [0.1, 0.15) is 6.61 Å². The molecule has 0 radical (unpaired) electrons. The van der Waals surface area contributed by atoms with E-state index in [0.717, 1.165) is 32.1 Å². The monoisotopic (exact) mass is 774 g/mol. The second kappa shape index (κ2) is 40.4. The topological polar surface area (TPSA) is 134 Å². The number of allylic oxidation sites excluding steroid dienone is 2. The number of rotatable bonds is 42. The molecule has 3 N–H and O–H groups in total. The van der Waals surface area contributed by atoms with Crippen LogP contribution in [0.25, 0.3) is 0 Å². The lowest BCUT2D eigenvalue weighted by Gasteiger charge is -2.19. The first kappa shape index (κ1) is 51.8. The van der Waals surface area contributed by atoms with E-state index in [0.29, 0.717) is 6.42 Å². The third kappa shape index (κ3) is 40.2. The number of esters is 2. The van der Waals surface area contributed by atoms with Crippen molar-refractivity contribution >= 4 is 19.8 Å². The van der Waals surface area contributed by atoms with Crippen LogP contribution in [-0.4, -0.2) is 49.3 Å². The fraction of sp³-hybridized carbons (Fsp3) is 0.907. The SMILES string of the molecule is CCCCCCCCCC/C=C\CCCCCCCCCCCCCC(=O)OC(COC(=O)CCCCCCCCCCC)COP(=O)(O)OCCN. The molecule has 0 amide bonds. The maximum atomic E-state index is 12.6. The molecule has 0 aromatic heterocycles. The van der Waals surface area contributed by atoms with Crippen LogP contribution in [0, 0.1) is 0 Å². The average Bonchev–Trinajstić information content (AvgIpc) is 3.14. The van der Waals surface area contributed by atoms with E-state index in [-0.39, 0.29) is 38.6 Å². The summed E-state index contributed by atoms with van der Waals surface area (Å²) in [4.78, 5) is 34.7. The van der Waals surface area contributed by atoms with Crippen molar-refractivity contribution < 1.29 is 37.6 Å². The highest BCUT2D eigenvalue weighted by Gasteiger charge is 2.26. The molecule has 0 aliphatic rings. The number of carbonyl (C=O) groups is 2. The minimum atomic E-state index is -4.37. The number of nitrogens with two attached hydrogens (primary N) is 1.